The fourth-order valence-electron chi connectivity index (χ4n) is 2.25. The zero-order chi connectivity index (χ0) is 16.1. The second kappa shape index (κ2) is 7.26. The quantitative estimate of drug-likeness (QED) is 0.794. The van der Waals surface area contributed by atoms with E-state index in [-0.39, 0.29) is 11.8 Å². The van der Waals surface area contributed by atoms with Gasteiger partial charge in [-0.1, -0.05) is 26.1 Å². The molecule has 0 saturated heterocycles. The Morgan fingerprint density at radius 2 is 1.77 bits per heavy atom. The lowest BCUT2D eigenvalue weighted by Gasteiger charge is -2.24. The van der Waals surface area contributed by atoms with Crippen LogP contribution in [-0.2, 0) is 9.59 Å². The standard InChI is InChI=1S/C16H19N3O2S/c1-3-6-13(20)18(14(21)7-4-2)19-15(22)10-9-12-8-5-11-17-16(12)19/h5,8-11H,3-4,6-7H2,1-2H3. The van der Waals surface area contributed by atoms with Gasteiger partial charge >= 0.3 is 0 Å². The zero-order valence-electron chi connectivity index (χ0n) is 12.8. The second-order valence-electron chi connectivity index (χ2n) is 5.00. The number of nitrogens with zero attached hydrogens (tertiary/aromatic N) is 3. The van der Waals surface area contributed by atoms with Crippen LogP contribution in [0, 0.1) is 4.64 Å². The molecule has 0 bridgehead atoms. The molecule has 22 heavy (non-hydrogen) atoms. The molecule has 0 radical (unpaired) electrons. The molecule has 116 valence electrons. The first-order valence-corrected chi connectivity index (χ1v) is 7.83. The van der Waals surface area contributed by atoms with Gasteiger partial charge in [0.15, 0.2) is 5.65 Å². The monoisotopic (exact) mass is 317 g/mol. The molecule has 0 saturated carbocycles. The number of aromatic nitrogens is 2. The van der Waals surface area contributed by atoms with Crippen LogP contribution in [-0.4, -0.2) is 21.5 Å². The number of amides is 2. The van der Waals surface area contributed by atoms with Gasteiger partial charge in [0, 0.05) is 24.4 Å². The number of carbonyl (C=O) groups excluding carboxylic acids is 2. The molecule has 2 amide bonds. The molecular formula is C16H19N3O2S. The van der Waals surface area contributed by atoms with Crippen molar-refractivity contribution in [1.82, 2.24) is 9.66 Å². The maximum absolute atomic E-state index is 12.5. The van der Waals surface area contributed by atoms with Crippen molar-refractivity contribution >= 4 is 35.1 Å². The van der Waals surface area contributed by atoms with Crippen LogP contribution in [0.25, 0.3) is 11.0 Å². The van der Waals surface area contributed by atoms with E-state index in [1.54, 1.807) is 12.3 Å². The Labute approximate surface area is 134 Å². The summed E-state index contributed by atoms with van der Waals surface area (Å²) < 4.78 is 1.85. The molecule has 2 rings (SSSR count). The Bertz CT molecular complexity index is 736. The van der Waals surface area contributed by atoms with Crippen molar-refractivity contribution in [2.75, 3.05) is 5.01 Å². The summed E-state index contributed by atoms with van der Waals surface area (Å²) in [7, 11) is 0. The smallest absolute Gasteiger partial charge is 0.248 e. The summed E-state index contributed by atoms with van der Waals surface area (Å²) in [4.78, 5) is 29.2. The second-order valence-corrected chi connectivity index (χ2v) is 5.42. The lowest BCUT2D eigenvalue weighted by atomic mass is 10.2. The third kappa shape index (κ3) is 3.22. The van der Waals surface area contributed by atoms with E-state index in [0.29, 0.717) is 36.0 Å². The van der Waals surface area contributed by atoms with Crippen LogP contribution in [0.1, 0.15) is 39.5 Å². The first-order valence-electron chi connectivity index (χ1n) is 7.43. The van der Waals surface area contributed by atoms with E-state index >= 15 is 0 Å². The summed E-state index contributed by atoms with van der Waals surface area (Å²) in [5.74, 6) is -0.509. The predicted molar refractivity (Wildman–Crippen MR) is 88.6 cm³/mol. The Hall–Kier alpha value is -2.08. The number of fused-ring (bicyclic) bond motifs is 1. The first kappa shape index (κ1) is 16.3. The number of pyridine rings is 2. The van der Waals surface area contributed by atoms with Gasteiger partial charge in [0.25, 0.3) is 0 Å². The van der Waals surface area contributed by atoms with Gasteiger partial charge in [-0.2, -0.15) is 5.01 Å². The Morgan fingerprint density at radius 3 is 2.36 bits per heavy atom. The van der Waals surface area contributed by atoms with Crippen LogP contribution >= 0.6 is 12.2 Å². The summed E-state index contributed by atoms with van der Waals surface area (Å²) in [6.45, 7) is 3.81. The van der Waals surface area contributed by atoms with Crippen LogP contribution in [0.3, 0.4) is 0 Å². The molecule has 0 spiro atoms. The van der Waals surface area contributed by atoms with Crippen molar-refractivity contribution in [3.63, 3.8) is 0 Å². The van der Waals surface area contributed by atoms with Gasteiger partial charge in [-0.05, 0) is 37.1 Å². The van der Waals surface area contributed by atoms with Crippen LogP contribution in [0.4, 0.5) is 0 Å². The molecule has 2 aromatic rings. The van der Waals surface area contributed by atoms with Gasteiger partial charge in [0.1, 0.15) is 4.64 Å². The fourth-order valence-corrected chi connectivity index (χ4v) is 2.48. The van der Waals surface area contributed by atoms with Crippen molar-refractivity contribution in [2.24, 2.45) is 0 Å². The third-order valence-electron chi connectivity index (χ3n) is 3.23. The number of rotatable bonds is 5. The van der Waals surface area contributed by atoms with E-state index < -0.39 is 0 Å². The average molecular weight is 317 g/mol. The largest absolute Gasteiger partial charge is 0.273 e. The van der Waals surface area contributed by atoms with E-state index in [4.69, 9.17) is 12.2 Å². The average Bonchev–Trinajstić information content (AvgIpc) is 2.50. The SMILES string of the molecule is CCCC(=O)N(C(=O)CCC)n1c(=S)ccc2cccnc21. The predicted octanol–water partition coefficient (Wildman–Crippen LogP) is 3.36. The zero-order valence-corrected chi connectivity index (χ0v) is 13.6. The molecule has 0 N–H and O–H groups in total. The van der Waals surface area contributed by atoms with Crippen molar-refractivity contribution in [3.05, 3.63) is 35.1 Å². The summed E-state index contributed by atoms with van der Waals surface area (Å²) in [5.41, 5.74) is 0.518. The molecule has 2 aromatic heterocycles. The van der Waals surface area contributed by atoms with Gasteiger partial charge in [-0.15, -0.1) is 0 Å². The van der Waals surface area contributed by atoms with Crippen molar-refractivity contribution in [1.29, 1.82) is 0 Å². The highest BCUT2D eigenvalue weighted by Crippen LogP contribution is 2.14. The summed E-state index contributed by atoms with van der Waals surface area (Å²) in [5, 5.41) is 1.99. The molecular weight excluding hydrogens is 298 g/mol. The van der Waals surface area contributed by atoms with Gasteiger partial charge in [0.2, 0.25) is 11.8 Å². The van der Waals surface area contributed by atoms with Gasteiger partial charge in [-0.25, -0.2) is 9.66 Å². The highest BCUT2D eigenvalue weighted by atomic mass is 32.1. The van der Waals surface area contributed by atoms with Crippen LogP contribution in [0.15, 0.2) is 30.5 Å². The highest BCUT2D eigenvalue weighted by Gasteiger charge is 2.24. The molecule has 0 atom stereocenters. The minimum absolute atomic E-state index is 0.254. The summed E-state index contributed by atoms with van der Waals surface area (Å²) in [6.07, 6.45) is 3.54. The van der Waals surface area contributed by atoms with Crippen molar-refractivity contribution in [3.8, 4) is 0 Å². The maximum atomic E-state index is 12.5. The highest BCUT2D eigenvalue weighted by molar-refractivity contribution is 7.71. The molecule has 0 aliphatic rings. The molecule has 0 aliphatic carbocycles. The summed E-state index contributed by atoms with van der Waals surface area (Å²) >= 11 is 5.34. The molecule has 0 aromatic carbocycles. The van der Waals surface area contributed by atoms with Gasteiger partial charge < -0.3 is 0 Å². The molecule has 2 heterocycles. The topological polar surface area (TPSA) is 55.2 Å². The molecule has 5 nitrogen and oxygen atoms in total. The maximum Gasteiger partial charge on any atom is 0.248 e. The number of hydrogen-bond acceptors (Lipinski definition) is 4. The van der Waals surface area contributed by atoms with Crippen LogP contribution in [0.2, 0.25) is 0 Å². The third-order valence-corrected chi connectivity index (χ3v) is 3.54. The molecule has 0 unspecified atom stereocenters. The van der Waals surface area contributed by atoms with E-state index in [1.807, 2.05) is 32.0 Å². The number of carbonyl (C=O) groups is 2. The number of hydrogen-bond donors (Lipinski definition) is 0. The molecule has 6 heteroatoms. The Kier molecular flexibility index (Phi) is 5.38. The number of imide groups is 1. The molecule has 0 aliphatic heterocycles. The van der Waals surface area contributed by atoms with Crippen LogP contribution < -0.4 is 5.01 Å². The van der Waals surface area contributed by atoms with Gasteiger partial charge in [0.05, 0.1) is 0 Å². The van der Waals surface area contributed by atoms with Gasteiger partial charge in [-0.3, -0.25) is 9.59 Å². The lowest BCUT2D eigenvalue weighted by molar-refractivity contribution is -0.129. The molecule has 0 fully saturated rings. The van der Waals surface area contributed by atoms with E-state index in [1.165, 1.54) is 4.68 Å². The minimum Gasteiger partial charge on any atom is -0.273 e. The van der Waals surface area contributed by atoms with Crippen LogP contribution in [0.5, 0.6) is 0 Å². The van der Waals surface area contributed by atoms with E-state index in [0.717, 1.165) is 10.4 Å². The lowest BCUT2D eigenvalue weighted by Crippen LogP contribution is -2.46. The normalized spacial score (nSPS) is 10.6. The van der Waals surface area contributed by atoms with E-state index in [2.05, 4.69) is 4.98 Å². The Balaban J connectivity index is 2.65. The minimum atomic E-state index is -0.254. The van der Waals surface area contributed by atoms with Crippen molar-refractivity contribution in [2.45, 2.75) is 39.5 Å². The summed E-state index contributed by atoms with van der Waals surface area (Å²) in [6, 6.07) is 7.24. The Morgan fingerprint density at radius 1 is 1.14 bits per heavy atom. The van der Waals surface area contributed by atoms with Crippen molar-refractivity contribution < 1.29 is 9.59 Å². The van der Waals surface area contributed by atoms with E-state index in [9.17, 15) is 9.59 Å². The fraction of sp³-hybridized carbons (Fsp3) is 0.375. The first-order chi connectivity index (χ1) is 10.6.